The molecule has 1 aromatic carbocycles. The summed E-state index contributed by atoms with van der Waals surface area (Å²) in [5, 5.41) is 17.6. The summed E-state index contributed by atoms with van der Waals surface area (Å²) in [6.45, 7) is 7.18. The number of thioether (sulfide) groups is 1. The lowest BCUT2D eigenvalue weighted by Crippen LogP contribution is -2.39. The van der Waals surface area contributed by atoms with Crippen molar-refractivity contribution in [3.63, 3.8) is 0 Å². The van der Waals surface area contributed by atoms with Gasteiger partial charge in [0.1, 0.15) is 6.61 Å². The van der Waals surface area contributed by atoms with Crippen molar-refractivity contribution in [3.05, 3.63) is 59.9 Å². The number of nitrogens with one attached hydrogen (secondary N) is 3. The van der Waals surface area contributed by atoms with Crippen LogP contribution < -0.4 is 16.0 Å². The van der Waals surface area contributed by atoms with Crippen LogP contribution in [0.1, 0.15) is 36.9 Å². The first kappa shape index (κ1) is 48.9. The summed E-state index contributed by atoms with van der Waals surface area (Å²) in [7, 11) is 0. The predicted octanol–water partition coefficient (Wildman–Crippen LogP) is 1.93. The second-order valence-corrected chi connectivity index (χ2v) is 16.0. The van der Waals surface area contributed by atoms with Gasteiger partial charge in [0.25, 0.3) is 5.91 Å². The van der Waals surface area contributed by atoms with E-state index in [2.05, 4.69) is 26.3 Å². The van der Waals surface area contributed by atoms with E-state index in [1.165, 1.54) is 6.08 Å². The number of unbranched alkanes of at least 4 members (excludes halogenated alkanes) is 1. The topological polar surface area (TPSA) is 212 Å². The highest BCUT2D eigenvalue weighted by atomic mass is 32.2. The standard InChI is InChI=1S/C42H63N7O12S/c50-38(10-5-4-9-37-40-36(32-62-37)44-41(52)45-40)43-13-17-56-21-25-59-27-28-60-26-22-57-18-14-48-30-34(46-47-48)12-16-55-20-24-58-23-19-54-15-6-11-39(51)49-35(31-61-42(49)53)29-33-7-2-1-3-8-33/h1-3,6-8,11,30,35-37,40H,4-5,9-10,12-29,31-32H2,(H,43,50)(H2,44,45,52)/b11-6+/t35-,36-,37-,40-/m0/s1. The van der Waals surface area contributed by atoms with Gasteiger partial charge in [-0.05, 0) is 24.8 Å². The molecule has 3 aliphatic heterocycles. The fourth-order valence-corrected chi connectivity index (χ4v) is 8.42. The smallest absolute Gasteiger partial charge is 0.417 e. The number of hydrogen-bond donors (Lipinski definition) is 3. The molecule has 0 saturated carbocycles. The number of cyclic esters (lactones) is 1. The first-order chi connectivity index (χ1) is 30.5. The van der Waals surface area contributed by atoms with Crippen LogP contribution in [0, 0.1) is 0 Å². The second kappa shape index (κ2) is 29.3. The third-order valence-electron chi connectivity index (χ3n) is 10.0. The number of amides is 5. The maximum absolute atomic E-state index is 12.6. The lowest BCUT2D eigenvalue weighted by molar-refractivity contribution is -0.124. The highest BCUT2D eigenvalue weighted by Gasteiger charge is 2.42. The number of hydrogen-bond acceptors (Lipinski definition) is 15. The predicted molar refractivity (Wildman–Crippen MR) is 228 cm³/mol. The normalized spacial score (nSPS) is 19.5. The quantitative estimate of drug-likeness (QED) is 0.0521. The van der Waals surface area contributed by atoms with Crippen molar-refractivity contribution in [2.24, 2.45) is 0 Å². The molecule has 19 nitrogen and oxygen atoms in total. The zero-order valence-electron chi connectivity index (χ0n) is 35.5. The van der Waals surface area contributed by atoms with Gasteiger partial charge in [-0.3, -0.25) is 9.59 Å². The fraction of sp³-hybridized carbons (Fsp3) is 0.667. The Balaban J connectivity index is 0.723. The summed E-state index contributed by atoms with van der Waals surface area (Å²) >= 11 is 1.90. The maximum Gasteiger partial charge on any atom is 0.417 e. The number of imide groups is 1. The Kier molecular flexibility index (Phi) is 23.1. The molecule has 0 radical (unpaired) electrons. The molecule has 3 N–H and O–H groups in total. The molecule has 344 valence electrons. The Morgan fingerprint density at radius 3 is 2.26 bits per heavy atom. The lowest BCUT2D eigenvalue weighted by atomic mass is 10.0. The second-order valence-electron chi connectivity index (χ2n) is 14.7. The number of carbonyl (C=O) groups excluding carboxylic acids is 4. The zero-order valence-corrected chi connectivity index (χ0v) is 36.3. The van der Waals surface area contributed by atoms with Gasteiger partial charge in [-0.2, -0.15) is 11.8 Å². The average Bonchev–Trinajstić information content (AvgIpc) is 4.06. The molecular weight excluding hydrogens is 827 g/mol. The van der Waals surface area contributed by atoms with Crippen LogP contribution in [0.3, 0.4) is 0 Å². The summed E-state index contributed by atoms with van der Waals surface area (Å²) in [5.74, 6) is 0.563. The largest absolute Gasteiger partial charge is 0.447 e. The Bertz CT molecular complexity index is 1640. The Morgan fingerprint density at radius 2 is 1.52 bits per heavy atom. The highest BCUT2D eigenvalue weighted by Crippen LogP contribution is 2.33. The van der Waals surface area contributed by atoms with Gasteiger partial charge in [-0.15, -0.1) is 5.10 Å². The first-order valence-electron chi connectivity index (χ1n) is 21.5. The SMILES string of the molecule is O=C(CCCC[C@@H]1SC[C@@H]2NC(=O)N[C@@H]21)NCCOCCOCCOCCOCCn1cc(CCOCCOCCOC/C=C/C(=O)N2C(=O)OC[C@@H]2Cc2ccccc2)nn1. The van der Waals surface area contributed by atoms with E-state index in [4.69, 9.17) is 37.9 Å². The molecule has 20 heteroatoms. The summed E-state index contributed by atoms with van der Waals surface area (Å²) in [6.07, 6.45) is 8.63. The van der Waals surface area contributed by atoms with Gasteiger partial charge in [0.05, 0.1) is 123 Å². The van der Waals surface area contributed by atoms with Gasteiger partial charge in [0.2, 0.25) is 5.91 Å². The molecule has 0 spiro atoms. The summed E-state index contributed by atoms with van der Waals surface area (Å²) in [6, 6.07) is 9.72. The third kappa shape index (κ3) is 18.7. The molecule has 2 aromatic rings. The van der Waals surface area contributed by atoms with Crippen molar-refractivity contribution < 1.29 is 57.1 Å². The average molecular weight is 890 g/mol. The number of benzene rings is 1. The number of nitrogens with zero attached hydrogens (tertiary/aromatic N) is 4. The van der Waals surface area contributed by atoms with E-state index in [0.29, 0.717) is 123 Å². The van der Waals surface area contributed by atoms with E-state index < -0.39 is 12.0 Å². The number of rotatable bonds is 34. The summed E-state index contributed by atoms with van der Waals surface area (Å²) in [4.78, 5) is 49.5. The molecule has 0 bridgehead atoms. The van der Waals surface area contributed by atoms with Gasteiger partial charge in [0, 0.05) is 42.7 Å². The van der Waals surface area contributed by atoms with Crippen LogP contribution in [0.25, 0.3) is 0 Å². The molecule has 62 heavy (non-hydrogen) atoms. The molecule has 5 rings (SSSR count). The third-order valence-corrected chi connectivity index (χ3v) is 11.6. The van der Waals surface area contributed by atoms with Crippen molar-refractivity contribution in [2.75, 3.05) is 111 Å². The number of aromatic nitrogens is 3. The van der Waals surface area contributed by atoms with Crippen molar-refractivity contribution in [1.29, 1.82) is 0 Å². The number of ether oxygens (including phenoxy) is 8. The molecule has 0 aliphatic carbocycles. The van der Waals surface area contributed by atoms with Gasteiger partial charge in [-0.25, -0.2) is 19.2 Å². The van der Waals surface area contributed by atoms with Crippen LogP contribution >= 0.6 is 11.8 Å². The van der Waals surface area contributed by atoms with Crippen LogP contribution in [-0.4, -0.2) is 179 Å². The van der Waals surface area contributed by atoms with Crippen molar-refractivity contribution in [3.8, 4) is 0 Å². The Morgan fingerprint density at radius 1 is 0.839 bits per heavy atom. The summed E-state index contributed by atoms with van der Waals surface area (Å²) in [5.41, 5.74) is 1.86. The minimum absolute atomic E-state index is 0.0345. The molecule has 4 heterocycles. The molecule has 1 aromatic heterocycles. The van der Waals surface area contributed by atoms with Crippen molar-refractivity contribution >= 4 is 35.7 Å². The lowest BCUT2D eigenvalue weighted by Gasteiger charge is -2.18. The minimum atomic E-state index is -0.628. The van der Waals surface area contributed by atoms with Crippen LogP contribution in [0.2, 0.25) is 0 Å². The van der Waals surface area contributed by atoms with Crippen LogP contribution in [0.4, 0.5) is 9.59 Å². The van der Waals surface area contributed by atoms with Crippen LogP contribution in [0.15, 0.2) is 48.7 Å². The number of urea groups is 1. The Labute approximate surface area is 367 Å². The molecular formula is C42H63N7O12S. The molecule has 0 unspecified atom stereocenters. The van der Waals surface area contributed by atoms with E-state index in [1.807, 2.05) is 48.3 Å². The van der Waals surface area contributed by atoms with E-state index in [9.17, 15) is 19.2 Å². The van der Waals surface area contributed by atoms with E-state index in [-0.39, 0.29) is 43.3 Å². The molecule has 5 amide bonds. The van der Waals surface area contributed by atoms with Gasteiger partial charge >= 0.3 is 12.1 Å². The fourth-order valence-electron chi connectivity index (χ4n) is 6.87. The molecule has 3 fully saturated rings. The molecule has 3 aliphatic rings. The van der Waals surface area contributed by atoms with Crippen LogP contribution in [0.5, 0.6) is 0 Å². The zero-order chi connectivity index (χ0) is 43.5. The highest BCUT2D eigenvalue weighted by molar-refractivity contribution is 8.00. The Hall–Kier alpha value is -4.15. The van der Waals surface area contributed by atoms with Gasteiger partial charge in [-0.1, -0.05) is 48.0 Å². The first-order valence-corrected chi connectivity index (χ1v) is 22.6. The minimum Gasteiger partial charge on any atom is -0.447 e. The number of fused-ring (bicyclic) bond motifs is 1. The summed E-state index contributed by atoms with van der Waals surface area (Å²) < 4.78 is 45.8. The molecule has 4 atom stereocenters. The van der Waals surface area contributed by atoms with E-state index in [1.54, 1.807) is 10.8 Å². The van der Waals surface area contributed by atoms with E-state index >= 15 is 0 Å². The number of carbonyl (C=O) groups is 4. The van der Waals surface area contributed by atoms with E-state index in [0.717, 1.165) is 41.2 Å². The monoisotopic (exact) mass is 889 g/mol. The van der Waals surface area contributed by atoms with Crippen LogP contribution in [-0.2, 0) is 66.9 Å². The maximum atomic E-state index is 12.6. The van der Waals surface area contributed by atoms with Gasteiger partial charge in [0.15, 0.2) is 0 Å². The van der Waals surface area contributed by atoms with Gasteiger partial charge < -0.3 is 53.8 Å². The molecule has 3 saturated heterocycles. The van der Waals surface area contributed by atoms with Crippen molar-refractivity contribution in [1.82, 2.24) is 35.8 Å². The van der Waals surface area contributed by atoms with Crippen molar-refractivity contribution in [2.45, 2.75) is 68.4 Å².